The van der Waals surface area contributed by atoms with Crippen molar-refractivity contribution in [1.29, 1.82) is 0 Å². The predicted molar refractivity (Wildman–Crippen MR) is 57.5 cm³/mol. The normalized spacial score (nSPS) is 27.7. The van der Waals surface area contributed by atoms with E-state index < -0.39 is 0 Å². The van der Waals surface area contributed by atoms with E-state index in [9.17, 15) is 4.79 Å². The van der Waals surface area contributed by atoms with E-state index in [4.69, 9.17) is 4.74 Å². The molecular weight excluding hydrogens is 192 g/mol. The summed E-state index contributed by atoms with van der Waals surface area (Å²) in [5, 5.41) is 6.33. The summed E-state index contributed by atoms with van der Waals surface area (Å²) in [4.78, 5) is 11.9. The molecule has 2 atom stereocenters. The van der Waals surface area contributed by atoms with Crippen LogP contribution in [0, 0.1) is 11.8 Å². The molecule has 2 N–H and O–H groups in total. The quantitative estimate of drug-likeness (QED) is 0.681. The molecule has 0 aromatic carbocycles. The van der Waals surface area contributed by atoms with Gasteiger partial charge >= 0.3 is 0 Å². The van der Waals surface area contributed by atoms with Crippen molar-refractivity contribution in [2.24, 2.45) is 11.8 Å². The van der Waals surface area contributed by atoms with Gasteiger partial charge in [-0.25, -0.2) is 0 Å². The summed E-state index contributed by atoms with van der Waals surface area (Å²) in [7, 11) is 1.69. The molecule has 1 amide bonds. The highest BCUT2D eigenvalue weighted by molar-refractivity contribution is 5.79. The van der Waals surface area contributed by atoms with E-state index in [0.717, 1.165) is 19.5 Å². The van der Waals surface area contributed by atoms with Gasteiger partial charge in [0.1, 0.15) is 0 Å². The Morgan fingerprint density at radius 1 is 1.53 bits per heavy atom. The van der Waals surface area contributed by atoms with Crippen LogP contribution in [0.3, 0.4) is 0 Å². The maximum absolute atomic E-state index is 11.9. The Kier molecular flexibility index (Phi) is 3.59. The van der Waals surface area contributed by atoms with Gasteiger partial charge < -0.3 is 15.4 Å². The third-order valence-corrected chi connectivity index (χ3v) is 3.30. The van der Waals surface area contributed by atoms with E-state index >= 15 is 0 Å². The van der Waals surface area contributed by atoms with Crippen LogP contribution < -0.4 is 10.6 Å². The van der Waals surface area contributed by atoms with E-state index in [1.165, 1.54) is 12.8 Å². The van der Waals surface area contributed by atoms with Crippen LogP contribution in [0.25, 0.3) is 0 Å². The molecule has 1 heterocycles. The first-order chi connectivity index (χ1) is 7.31. The lowest BCUT2D eigenvalue weighted by atomic mass is 10.1. The molecule has 0 aromatic rings. The first kappa shape index (κ1) is 10.9. The van der Waals surface area contributed by atoms with Crippen LogP contribution >= 0.6 is 0 Å². The van der Waals surface area contributed by atoms with Crippen LogP contribution in [0.2, 0.25) is 0 Å². The summed E-state index contributed by atoms with van der Waals surface area (Å²) in [6, 6.07) is 0.239. The SMILES string of the molecule is COCC(NC(=O)[C@@H]1CCNC1)C1CC1. The van der Waals surface area contributed by atoms with Gasteiger partial charge in [0.25, 0.3) is 0 Å². The van der Waals surface area contributed by atoms with Gasteiger partial charge in [0.05, 0.1) is 18.6 Å². The summed E-state index contributed by atoms with van der Waals surface area (Å²) in [5.74, 6) is 1.03. The standard InChI is InChI=1S/C11H20N2O2/c1-15-7-10(8-2-3-8)13-11(14)9-4-5-12-6-9/h8-10,12H,2-7H2,1H3,(H,13,14)/t9-,10?/m1/s1. The number of rotatable bonds is 5. The minimum atomic E-state index is 0.170. The topological polar surface area (TPSA) is 50.4 Å². The van der Waals surface area contributed by atoms with Crippen molar-refractivity contribution in [3.8, 4) is 0 Å². The highest BCUT2D eigenvalue weighted by atomic mass is 16.5. The van der Waals surface area contributed by atoms with Gasteiger partial charge in [-0.1, -0.05) is 0 Å². The van der Waals surface area contributed by atoms with E-state index in [0.29, 0.717) is 12.5 Å². The molecule has 1 unspecified atom stereocenters. The van der Waals surface area contributed by atoms with Crippen molar-refractivity contribution in [3.05, 3.63) is 0 Å². The van der Waals surface area contributed by atoms with Gasteiger partial charge in [-0.05, 0) is 31.7 Å². The molecule has 2 aliphatic rings. The summed E-state index contributed by atoms with van der Waals surface area (Å²) in [6.45, 7) is 2.45. The highest BCUT2D eigenvalue weighted by Gasteiger charge is 2.34. The van der Waals surface area contributed by atoms with Crippen LogP contribution in [0.1, 0.15) is 19.3 Å². The Morgan fingerprint density at radius 3 is 2.87 bits per heavy atom. The maximum Gasteiger partial charge on any atom is 0.224 e. The lowest BCUT2D eigenvalue weighted by molar-refractivity contribution is -0.125. The van der Waals surface area contributed by atoms with Gasteiger partial charge in [-0.3, -0.25) is 4.79 Å². The molecule has 2 rings (SSSR count). The second-order valence-corrected chi connectivity index (χ2v) is 4.60. The van der Waals surface area contributed by atoms with Crippen molar-refractivity contribution < 1.29 is 9.53 Å². The fourth-order valence-electron chi connectivity index (χ4n) is 2.15. The van der Waals surface area contributed by atoms with Gasteiger partial charge in [0.15, 0.2) is 0 Å². The summed E-state index contributed by atoms with van der Waals surface area (Å²) in [6.07, 6.45) is 3.44. The average molecular weight is 212 g/mol. The average Bonchev–Trinajstić information content (AvgIpc) is 2.92. The molecule has 0 spiro atoms. The lowest BCUT2D eigenvalue weighted by Crippen LogP contribution is -2.43. The zero-order chi connectivity index (χ0) is 10.7. The van der Waals surface area contributed by atoms with Crippen molar-refractivity contribution in [2.75, 3.05) is 26.8 Å². The number of carbonyl (C=O) groups is 1. The number of hydrogen-bond acceptors (Lipinski definition) is 3. The lowest BCUT2D eigenvalue weighted by Gasteiger charge is -2.19. The summed E-state index contributed by atoms with van der Waals surface area (Å²) < 4.78 is 5.14. The molecule has 1 aliphatic heterocycles. The summed E-state index contributed by atoms with van der Waals surface area (Å²) >= 11 is 0. The second-order valence-electron chi connectivity index (χ2n) is 4.60. The number of methoxy groups -OCH3 is 1. The van der Waals surface area contributed by atoms with E-state index in [1.54, 1.807) is 7.11 Å². The number of carbonyl (C=O) groups excluding carboxylic acids is 1. The molecule has 0 radical (unpaired) electrons. The van der Waals surface area contributed by atoms with Crippen molar-refractivity contribution in [1.82, 2.24) is 10.6 Å². The zero-order valence-corrected chi connectivity index (χ0v) is 9.29. The molecular formula is C11H20N2O2. The highest BCUT2D eigenvalue weighted by Crippen LogP contribution is 2.32. The Balaban J connectivity index is 1.79. The molecule has 15 heavy (non-hydrogen) atoms. The van der Waals surface area contributed by atoms with Crippen molar-refractivity contribution in [3.63, 3.8) is 0 Å². The smallest absolute Gasteiger partial charge is 0.224 e. The fourth-order valence-corrected chi connectivity index (χ4v) is 2.15. The Labute approximate surface area is 90.8 Å². The first-order valence-electron chi connectivity index (χ1n) is 5.81. The third-order valence-electron chi connectivity index (χ3n) is 3.30. The summed E-state index contributed by atoms with van der Waals surface area (Å²) in [5.41, 5.74) is 0. The van der Waals surface area contributed by atoms with Crippen LogP contribution in [-0.4, -0.2) is 38.8 Å². The maximum atomic E-state index is 11.9. The first-order valence-corrected chi connectivity index (χ1v) is 5.81. The Morgan fingerprint density at radius 2 is 2.33 bits per heavy atom. The van der Waals surface area contributed by atoms with E-state index in [1.807, 2.05) is 0 Å². The molecule has 86 valence electrons. The van der Waals surface area contributed by atoms with Crippen LogP contribution in [0.4, 0.5) is 0 Å². The van der Waals surface area contributed by atoms with Gasteiger partial charge in [-0.2, -0.15) is 0 Å². The zero-order valence-electron chi connectivity index (χ0n) is 9.29. The predicted octanol–water partition coefficient (Wildman–Crippen LogP) is 0.137. The Bertz CT molecular complexity index is 223. The second kappa shape index (κ2) is 4.94. The number of hydrogen-bond donors (Lipinski definition) is 2. The fraction of sp³-hybridized carbons (Fsp3) is 0.909. The van der Waals surface area contributed by atoms with Gasteiger partial charge in [-0.15, -0.1) is 0 Å². The molecule has 1 saturated heterocycles. The van der Waals surface area contributed by atoms with Crippen molar-refractivity contribution >= 4 is 5.91 Å². The minimum Gasteiger partial charge on any atom is -0.383 e. The van der Waals surface area contributed by atoms with Crippen LogP contribution in [0.5, 0.6) is 0 Å². The van der Waals surface area contributed by atoms with Crippen molar-refractivity contribution in [2.45, 2.75) is 25.3 Å². The number of ether oxygens (including phenoxy) is 1. The molecule has 4 heteroatoms. The number of nitrogens with one attached hydrogen (secondary N) is 2. The van der Waals surface area contributed by atoms with E-state index in [-0.39, 0.29) is 17.9 Å². The minimum absolute atomic E-state index is 0.170. The molecule has 1 saturated carbocycles. The van der Waals surface area contributed by atoms with Crippen LogP contribution in [-0.2, 0) is 9.53 Å². The molecule has 2 fully saturated rings. The third kappa shape index (κ3) is 2.92. The van der Waals surface area contributed by atoms with Gasteiger partial charge in [0, 0.05) is 13.7 Å². The largest absolute Gasteiger partial charge is 0.383 e. The number of amides is 1. The molecule has 4 nitrogen and oxygen atoms in total. The molecule has 1 aliphatic carbocycles. The molecule has 0 aromatic heterocycles. The van der Waals surface area contributed by atoms with E-state index in [2.05, 4.69) is 10.6 Å². The molecule has 0 bridgehead atoms. The van der Waals surface area contributed by atoms with Crippen LogP contribution in [0.15, 0.2) is 0 Å². The van der Waals surface area contributed by atoms with Gasteiger partial charge in [0.2, 0.25) is 5.91 Å². The monoisotopic (exact) mass is 212 g/mol. The Hall–Kier alpha value is -0.610.